The third-order valence-corrected chi connectivity index (χ3v) is 7.31. The van der Waals surface area contributed by atoms with E-state index in [1.807, 2.05) is 0 Å². The lowest BCUT2D eigenvalue weighted by Gasteiger charge is -2.57. The van der Waals surface area contributed by atoms with Crippen LogP contribution in [0.3, 0.4) is 0 Å². The van der Waals surface area contributed by atoms with Gasteiger partial charge in [0.25, 0.3) is 0 Å². The number of hydrogen-bond acceptors (Lipinski definition) is 2. The second-order valence-electron chi connectivity index (χ2n) is 8.87. The van der Waals surface area contributed by atoms with E-state index >= 15 is 0 Å². The van der Waals surface area contributed by atoms with E-state index in [2.05, 4.69) is 4.90 Å². The lowest BCUT2D eigenvalue weighted by molar-refractivity contribution is -0.0637. The Morgan fingerprint density at radius 1 is 0.952 bits per heavy atom. The van der Waals surface area contributed by atoms with Crippen LogP contribution < -0.4 is 0 Å². The van der Waals surface area contributed by atoms with Gasteiger partial charge in [-0.2, -0.15) is 0 Å². The second kappa shape index (κ2) is 5.85. The van der Waals surface area contributed by atoms with E-state index < -0.39 is 0 Å². The van der Waals surface area contributed by atoms with Gasteiger partial charge in [-0.05, 0) is 100 Å². The van der Waals surface area contributed by atoms with Crippen LogP contribution in [-0.2, 0) is 0 Å². The van der Waals surface area contributed by atoms with Crippen molar-refractivity contribution in [2.75, 3.05) is 19.7 Å². The van der Waals surface area contributed by atoms with Crippen LogP contribution in [0.4, 0.5) is 0 Å². The normalized spacial score (nSPS) is 46.1. The van der Waals surface area contributed by atoms with Gasteiger partial charge in [-0.3, -0.25) is 0 Å². The smallest absolute Gasteiger partial charge is 0.0445 e. The summed E-state index contributed by atoms with van der Waals surface area (Å²) >= 11 is 0. The highest BCUT2D eigenvalue weighted by Gasteiger charge is 2.50. The van der Waals surface area contributed by atoms with E-state index in [-0.39, 0.29) is 0 Å². The maximum Gasteiger partial charge on any atom is 0.0445 e. The summed E-state index contributed by atoms with van der Waals surface area (Å²) < 4.78 is 0. The van der Waals surface area contributed by atoms with E-state index in [0.717, 1.165) is 29.6 Å². The van der Waals surface area contributed by atoms with Gasteiger partial charge in [0, 0.05) is 12.6 Å². The monoisotopic (exact) mass is 291 g/mol. The number of nitrogens with zero attached hydrogens (tertiary/aromatic N) is 1. The van der Waals surface area contributed by atoms with Crippen LogP contribution in [0.2, 0.25) is 0 Å². The molecule has 0 spiro atoms. The molecule has 4 bridgehead atoms. The Morgan fingerprint density at radius 2 is 1.62 bits per heavy atom. The number of piperidine rings is 1. The summed E-state index contributed by atoms with van der Waals surface area (Å²) in [6, 6.07) is 0.678. The van der Waals surface area contributed by atoms with Crippen molar-refractivity contribution in [1.82, 2.24) is 4.90 Å². The fraction of sp³-hybridized carbons (Fsp3) is 1.00. The van der Waals surface area contributed by atoms with E-state index in [9.17, 15) is 5.11 Å². The van der Waals surface area contributed by atoms with Crippen molar-refractivity contribution in [1.29, 1.82) is 0 Å². The van der Waals surface area contributed by atoms with Gasteiger partial charge in [-0.25, -0.2) is 0 Å². The predicted octanol–water partition coefficient (Wildman–Crippen LogP) is 3.83. The summed E-state index contributed by atoms with van der Waals surface area (Å²) in [4.78, 5) is 2.73. The molecule has 2 nitrogen and oxygen atoms in total. The van der Waals surface area contributed by atoms with Gasteiger partial charge in [0.2, 0.25) is 0 Å². The summed E-state index contributed by atoms with van der Waals surface area (Å²) in [7, 11) is 0. The van der Waals surface area contributed by atoms with Gasteiger partial charge in [0.1, 0.15) is 0 Å². The van der Waals surface area contributed by atoms with Crippen molar-refractivity contribution in [2.45, 2.75) is 76.7 Å². The van der Waals surface area contributed by atoms with Gasteiger partial charge in [0.05, 0.1) is 0 Å². The second-order valence-corrected chi connectivity index (χ2v) is 8.87. The molecular weight excluding hydrogens is 258 g/mol. The van der Waals surface area contributed by atoms with Crippen molar-refractivity contribution in [3.05, 3.63) is 0 Å². The summed E-state index contributed by atoms with van der Waals surface area (Å²) in [6.45, 7) is 2.98. The lowest BCUT2D eigenvalue weighted by atomic mass is 9.49. The Bertz CT molecular complexity index is 329. The molecule has 1 unspecified atom stereocenters. The minimum Gasteiger partial charge on any atom is -0.396 e. The molecule has 5 fully saturated rings. The molecule has 5 aliphatic rings. The molecule has 2 heteroatoms. The SMILES string of the molecule is OCCC1CCCCN1CCC12CC3CC(CC(C3)C1)C2. The van der Waals surface area contributed by atoms with E-state index in [0.29, 0.717) is 12.6 Å². The summed E-state index contributed by atoms with van der Waals surface area (Å²) in [5, 5.41) is 9.31. The molecular formula is C19H33NO. The topological polar surface area (TPSA) is 23.5 Å². The summed E-state index contributed by atoms with van der Waals surface area (Å²) in [6.07, 6.45) is 15.9. The average Bonchev–Trinajstić information content (AvgIpc) is 2.45. The number of aliphatic hydroxyl groups excluding tert-OH is 1. The van der Waals surface area contributed by atoms with Crippen LogP contribution >= 0.6 is 0 Å². The molecule has 0 aromatic heterocycles. The van der Waals surface area contributed by atoms with E-state index in [4.69, 9.17) is 0 Å². The van der Waals surface area contributed by atoms with Crippen molar-refractivity contribution < 1.29 is 5.11 Å². The third kappa shape index (κ3) is 2.91. The Balaban J connectivity index is 1.37. The minimum absolute atomic E-state index is 0.374. The molecule has 5 rings (SSSR count). The van der Waals surface area contributed by atoms with Crippen LogP contribution in [-0.4, -0.2) is 35.7 Å². The van der Waals surface area contributed by atoms with Crippen LogP contribution in [0.15, 0.2) is 0 Å². The van der Waals surface area contributed by atoms with Crippen molar-refractivity contribution in [2.24, 2.45) is 23.2 Å². The zero-order valence-corrected chi connectivity index (χ0v) is 13.6. The Morgan fingerprint density at radius 3 is 2.24 bits per heavy atom. The first-order chi connectivity index (χ1) is 10.3. The Hall–Kier alpha value is -0.0800. The van der Waals surface area contributed by atoms with Crippen molar-refractivity contribution >= 4 is 0 Å². The number of hydrogen-bond donors (Lipinski definition) is 1. The van der Waals surface area contributed by atoms with Crippen LogP contribution in [0.1, 0.15) is 70.6 Å². The molecule has 1 N–H and O–H groups in total. The zero-order valence-electron chi connectivity index (χ0n) is 13.6. The van der Waals surface area contributed by atoms with Crippen LogP contribution in [0.25, 0.3) is 0 Å². The summed E-state index contributed by atoms with van der Waals surface area (Å²) in [5.74, 6) is 3.27. The first-order valence-electron chi connectivity index (χ1n) is 9.61. The molecule has 1 atom stereocenters. The highest BCUT2D eigenvalue weighted by Crippen LogP contribution is 2.61. The zero-order chi connectivity index (χ0) is 14.3. The quantitative estimate of drug-likeness (QED) is 0.832. The van der Waals surface area contributed by atoms with Gasteiger partial charge in [-0.15, -0.1) is 0 Å². The predicted molar refractivity (Wildman–Crippen MR) is 86.1 cm³/mol. The van der Waals surface area contributed by atoms with E-state index in [1.165, 1.54) is 38.8 Å². The number of rotatable bonds is 5. The molecule has 0 aromatic carbocycles. The summed E-state index contributed by atoms with van der Waals surface area (Å²) in [5.41, 5.74) is 0.732. The lowest BCUT2D eigenvalue weighted by Crippen LogP contribution is -2.48. The van der Waals surface area contributed by atoms with Crippen molar-refractivity contribution in [3.8, 4) is 0 Å². The van der Waals surface area contributed by atoms with Crippen LogP contribution in [0.5, 0.6) is 0 Å². The fourth-order valence-electron chi connectivity index (χ4n) is 6.81. The first-order valence-corrected chi connectivity index (χ1v) is 9.61. The molecule has 0 radical (unpaired) electrons. The Labute approximate surface area is 130 Å². The first kappa shape index (κ1) is 14.5. The molecule has 0 aromatic rings. The maximum atomic E-state index is 9.31. The highest BCUT2D eigenvalue weighted by molar-refractivity contribution is 5.01. The van der Waals surface area contributed by atoms with Gasteiger partial charge < -0.3 is 10.0 Å². The largest absolute Gasteiger partial charge is 0.396 e. The van der Waals surface area contributed by atoms with E-state index in [1.54, 1.807) is 38.5 Å². The molecule has 1 heterocycles. The molecule has 1 aliphatic heterocycles. The molecule has 0 amide bonds. The number of aliphatic hydroxyl groups is 1. The Kier molecular flexibility index (Phi) is 4.04. The molecule has 120 valence electrons. The molecule has 21 heavy (non-hydrogen) atoms. The van der Waals surface area contributed by atoms with Gasteiger partial charge >= 0.3 is 0 Å². The fourth-order valence-corrected chi connectivity index (χ4v) is 6.81. The molecule has 4 saturated carbocycles. The van der Waals surface area contributed by atoms with Gasteiger partial charge in [0.15, 0.2) is 0 Å². The maximum absolute atomic E-state index is 9.31. The number of likely N-dealkylation sites (tertiary alicyclic amines) is 1. The van der Waals surface area contributed by atoms with Gasteiger partial charge in [-0.1, -0.05) is 6.42 Å². The molecule has 4 aliphatic carbocycles. The average molecular weight is 291 g/mol. The highest BCUT2D eigenvalue weighted by atomic mass is 16.3. The van der Waals surface area contributed by atoms with Crippen molar-refractivity contribution in [3.63, 3.8) is 0 Å². The van der Waals surface area contributed by atoms with Crippen LogP contribution in [0, 0.1) is 23.2 Å². The minimum atomic E-state index is 0.374. The third-order valence-electron chi connectivity index (χ3n) is 7.31. The molecule has 1 saturated heterocycles. The standard InChI is InChI=1S/C19H33NO/c21-8-4-18-3-1-2-6-20(18)7-5-19-12-15-9-16(13-19)11-17(10-15)14-19/h15-18,21H,1-14H2.